The number of carbonyl (C=O) groups excluding carboxylic acids is 1. The van der Waals surface area contributed by atoms with Crippen LogP contribution in [-0.2, 0) is 11.3 Å². The minimum Gasteiger partial charge on any atom is -0.340 e. The molecule has 3 nitrogen and oxygen atoms in total. The smallest absolute Gasteiger partial charge is 0.239 e. The molecule has 0 saturated heterocycles. The molecule has 18 heavy (non-hydrogen) atoms. The van der Waals surface area contributed by atoms with E-state index >= 15 is 0 Å². The summed E-state index contributed by atoms with van der Waals surface area (Å²) in [7, 11) is 1.71. The number of carbonyl (C=O) groups is 1. The molecule has 1 aromatic rings. The number of nitrogens with two attached hydrogens (primary N) is 1. The van der Waals surface area contributed by atoms with Crippen molar-refractivity contribution in [1.82, 2.24) is 4.90 Å². The van der Waals surface area contributed by atoms with Crippen molar-refractivity contribution in [1.29, 1.82) is 0 Å². The first-order valence-electron chi connectivity index (χ1n) is 5.78. The molecule has 0 unspecified atom stereocenters. The normalized spacial score (nSPS) is 12.2. The molecule has 0 spiro atoms. The van der Waals surface area contributed by atoms with E-state index in [1.165, 1.54) is 12.1 Å². The summed E-state index contributed by atoms with van der Waals surface area (Å²) in [5, 5.41) is 0. The Kier molecular flexibility index (Phi) is 6.15. The van der Waals surface area contributed by atoms with Gasteiger partial charge in [0.2, 0.25) is 5.91 Å². The Bertz CT molecular complexity index is 383. The number of hydrogen-bond donors (Lipinski definition) is 1. The average molecular weight is 270 g/mol. The monoisotopic (exact) mass is 270 g/mol. The molecule has 0 aliphatic carbocycles. The average Bonchev–Trinajstić information content (AvgIpc) is 2.37. The number of benzene rings is 1. The Morgan fingerprint density at radius 3 is 2.61 bits per heavy atom. The third-order valence-corrected chi connectivity index (χ3v) is 3.30. The van der Waals surface area contributed by atoms with Gasteiger partial charge >= 0.3 is 0 Å². The predicted octanol–water partition coefficient (Wildman–Crippen LogP) is 1.86. The van der Waals surface area contributed by atoms with E-state index in [-0.39, 0.29) is 11.7 Å². The number of thioether (sulfide) groups is 1. The van der Waals surface area contributed by atoms with Crippen LogP contribution in [0.4, 0.5) is 4.39 Å². The summed E-state index contributed by atoms with van der Waals surface area (Å²) in [5.74, 6) is 0.523. The van der Waals surface area contributed by atoms with Gasteiger partial charge in [0, 0.05) is 13.6 Å². The summed E-state index contributed by atoms with van der Waals surface area (Å²) < 4.78 is 12.7. The Labute approximate surface area is 112 Å². The predicted molar refractivity (Wildman–Crippen MR) is 73.8 cm³/mol. The van der Waals surface area contributed by atoms with Crippen LogP contribution in [0.5, 0.6) is 0 Å². The van der Waals surface area contributed by atoms with Crippen LogP contribution in [-0.4, -0.2) is 35.9 Å². The lowest BCUT2D eigenvalue weighted by Gasteiger charge is -2.21. The fourth-order valence-corrected chi connectivity index (χ4v) is 2.08. The number of amides is 1. The van der Waals surface area contributed by atoms with Gasteiger partial charge < -0.3 is 10.6 Å². The van der Waals surface area contributed by atoms with Crippen LogP contribution in [0.1, 0.15) is 12.0 Å². The third kappa shape index (κ3) is 4.66. The Morgan fingerprint density at radius 1 is 1.44 bits per heavy atom. The number of nitrogens with zero attached hydrogens (tertiary/aromatic N) is 1. The lowest BCUT2D eigenvalue weighted by Crippen LogP contribution is -2.41. The van der Waals surface area contributed by atoms with Crippen LogP contribution < -0.4 is 5.73 Å². The van der Waals surface area contributed by atoms with E-state index in [1.807, 2.05) is 6.26 Å². The van der Waals surface area contributed by atoms with Crippen molar-refractivity contribution < 1.29 is 9.18 Å². The van der Waals surface area contributed by atoms with Crippen molar-refractivity contribution in [3.05, 3.63) is 35.6 Å². The molecule has 100 valence electrons. The molecule has 5 heteroatoms. The topological polar surface area (TPSA) is 46.3 Å². The zero-order valence-electron chi connectivity index (χ0n) is 10.7. The second-order valence-electron chi connectivity index (χ2n) is 4.21. The van der Waals surface area contributed by atoms with Crippen LogP contribution in [0.3, 0.4) is 0 Å². The van der Waals surface area contributed by atoms with Gasteiger partial charge in [0.25, 0.3) is 0 Å². The highest BCUT2D eigenvalue weighted by atomic mass is 32.2. The van der Waals surface area contributed by atoms with E-state index in [1.54, 1.807) is 35.8 Å². The summed E-state index contributed by atoms with van der Waals surface area (Å²) in [6.45, 7) is 0.450. The fraction of sp³-hybridized carbons (Fsp3) is 0.462. The SMILES string of the molecule is CSCC[C@@H](N)C(=O)N(C)Cc1ccc(F)cc1. The van der Waals surface area contributed by atoms with E-state index in [2.05, 4.69) is 0 Å². The van der Waals surface area contributed by atoms with E-state index in [4.69, 9.17) is 5.73 Å². The molecule has 1 amide bonds. The molecule has 0 fully saturated rings. The first-order chi connectivity index (χ1) is 8.54. The van der Waals surface area contributed by atoms with Gasteiger partial charge in [-0.15, -0.1) is 0 Å². The van der Waals surface area contributed by atoms with Gasteiger partial charge in [-0.1, -0.05) is 12.1 Å². The highest BCUT2D eigenvalue weighted by Gasteiger charge is 2.17. The van der Waals surface area contributed by atoms with Crippen LogP contribution in [0, 0.1) is 5.82 Å². The van der Waals surface area contributed by atoms with Crippen molar-refractivity contribution in [3.8, 4) is 0 Å². The number of rotatable bonds is 6. The molecule has 0 bridgehead atoms. The van der Waals surface area contributed by atoms with Crippen molar-refractivity contribution in [2.75, 3.05) is 19.1 Å². The highest BCUT2D eigenvalue weighted by molar-refractivity contribution is 7.98. The second kappa shape index (κ2) is 7.38. The highest BCUT2D eigenvalue weighted by Crippen LogP contribution is 2.08. The summed E-state index contributed by atoms with van der Waals surface area (Å²) in [4.78, 5) is 13.5. The summed E-state index contributed by atoms with van der Waals surface area (Å²) in [6, 6.07) is 5.67. The van der Waals surface area contributed by atoms with Crippen molar-refractivity contribution in [2.24, 2.45) is 5.73 Å². The van der Waals surface area contributed by atoms with Crippen molar-refractivity contribution in [3.63, 3.8) is 0 Å². The lowest BCUT2D eigenvalue weighted by molar-refractivity contribution is -0.131. The number of likely N-dealkylation sites (N-methyl/N-ethyl adjacent to an activating group) is 1. The maximum atomic E-state index is 12.7. The Morgan fingerprint density at radius 2 is 2.06 bits per heavy atom. The van der Waals surface area contributed by atoms with Gasteiger partial charge in [0.15, 0.2) is 0 Å². The molecule has 1 atom stereocenters. The zero-order valence-corrected chi connectivity index (χ0v) is 11.5. The third-order valence-electron chi connectivity index (χ3n) is 2.66. The zero-order chi connectivity index (χ0) is 13.5. The first-order valence-corrected chi connectivity index (χ1v) is 7.18. The van der Waals surface area contributed by atoms with E-state index in [0.29, 0.717) is 13.0 Å². The molecule has 0 aromatic heterocycles. The minimum atomic E-state index is -0.456. The second-order valence-corrected chi connectivity index (χ2v) is 5.19. The van der Waals surface area contributed by atoms with Crippen LogP contribution in [0.25, 0.3) is 0 Å². The van der Waals surface area contributed by atoms with Crippen molar-refractivity contribution >= 4 is 17.7 Å². The van der Waals surface area contributed by atoms with E-state index < -0.39 is 6.04 Å². The maximum Gasteiger partial charge on any atom is 0.239 e. The van der Waals surface area contributed by atoms with Gasteiger partial charge in [0.1, 0.15) is 5.82 Å². The Hall–Kier alpha value is -1.07. The first kappa shape index (κ1) is 15.0. The molecule has 0 radical (unpaired) electrons. The minimum absolute atomic E-state index is 0.0756. The molecule has 0 saturated carbocycles. The summed E-state index contributed by atoms with van der Waals surface area (Å²) in [6.07, 6.45) is 2.66. The number of halogens is 1. The van der Waals surface area contributed by atoms with Crippen LogP contribution >= 0.6 is 11.8 Å². The summed E-state index contributed by atoms with van der Waals surface area (Å²) in [5.41, 5.74) is 6.71. The Balaban J connectivity index is 2.51. The fourth-order valence-electron chi connectivity index (χ4n) is 1.59. The lowest BCUT2D eigenvalue weighted by atomic mass is 10.1. The molecular formula is C13H19FN2OS. The van der Waals surface area contributed by atoms with Crippen LogP contribution in [0.15, 0.2) is 24.3 Å². The molecular weight excluding hydrogens is 251 g/mol. The number of hydrogen-bond acceptors (Lipinski definition) is 3. The van der Waals surface area contributed by atoms with Gasteiger partial charge in [-0.05, 0) is 36.1 Å². The molecule has 0 aliphatic rings. The van der Waals surface area contributed by atoms with Gasteiger partial charge in [-0.25, -0.2) is 4.39 Å². The van der Waals surface area contributed by atoms with Crippen molar-refractivity contribution in [2.45, 2.75) is 19.0 Å². The standard InChI is InChI=1S/C13H19FN2OS/c1-16(13(17)12(15)7-8-18-2)9-10-3-5-11(14)6-4-10/h3-6,12H,7-9,15H2,1-2H3/t12-/m1/s1. The van der Waals surface area contributed by atoms with E-state index in [9.17, 15) is 9.18 Å². The summed E-state index contributed by atoms with van der Waals surface area (Å²) >= 11 is 1.67. The quantitative estimate of drug-likeness (QED) is 0.858. The maximum absolute atomic E-state index is 12.7. The molecule has 1 rings (SSSR count). The van der Waals surface area contributed by atoms with Gasteiger partial charge in [-0.3, -0.25) is 4.79 Å². The molecule has 0 heterocycles. The van der Waals surface area contributed by atoms with Gasteiger partial charge in [0.05, 0.1) is 6.04 Å². The van der Waals surface area contributed by atoms with E-state index in [0.717, 1.165) is 11.3 Å². The molecule has 0 aliphatic heterocycles. The molecule has 2 N–H and O–H groups in total. The molecule has 1 aromatic carbocycles. The van der Waals surface area contributed by atoms with Crippen LogP contribution in [0.2, 0.25) is 0 Å². The largest absolute Gasteiger partial charge is 0.340 e. The van der Waals surface area contributed by atoms with Gasteiger partial charge in [-0.2, -0.15) is 11.8 Å².